The minimum Gasteiger partial charge on any atom is -0.378 e. The van der Waals surface area contributed by atoms with E-state index in [2.05, 4.69) is 12.2 Å². The lowest BCUT2D eigenvalue weighted by Crippen LogP contribution is -2.55. The summed E-state index contributed by atoms with van der Waals surface area (Å²) in [6.45, 7) is 6.95. The molecule has 0 saturated heterocycles. The van der Waals surface area contributed by atoms with Gasteiger partial charge >= 0.3 is 0 Å². The van der Waals surface area contributed by atoms with Gasteiger partial charge in [0, 0.05) is 19.1 Å². The standard InChI is InChI=1S/C17H34N2O2/c1-4-5-6-7-8-9-12-21-14(2)13-17(3,16(18)20)19-15-10-11-15/h14-15,19H,4-13H2,1-3H3,(H2,18,20). The van der Waals surface area contributed by atoms with Gasteiger partial charge in [-0.25, -0.2) is 0 Å². The Kier molecular flexibility index (Phi) is 8.27. The van der Waals surface area contributed by atoms with Crippen LogP contribution in [0.25, 0.3) is 0 Å². The summed E-state index contributed by atoms with van der Waals surface area (Å²) in [6, 6.07) is 0.466. The maximum atomic E-state index is 11.7. The molecule has 1 fully saturated rings. The summed E-state index contributed by atoms with van der Waals surface area (Å²) in [6.07, 6.45) is 10.6. The van der Waals surface area contributed by atoms with Crippen LogP contribution in [-0.2, 0) is 9.53 Å². The van der Waals surface area contributed by atoms with E-state index < -0.39 is 5.54 Å². The van der Waals surface area contributed by atoms with E-state index in [4.69, 9.17) is 10.5 Å². The number of primary amides is 1. The van der Waals surface area contributed by atoms with E-state index in [9.17, 15) is 4.79 Å². The summed E-state index contributed by atoms with van der Waals surface area (Å²) in [5.74, 6) is -0.274. The molecule has 124 valence electrons. The average Bonchev–Trinajstić information content (AvgIpc) is 3.21. The number of hydrogen-bond donors (Lipinski definition) is 2. The second-order valence-corrected chi connectivity index (χ2v) is 6.77. The highest BCUT2D eigenvalue weighted by Gasteiger charge is 2.38. The van der Waals surface area contributed by atoms with Crippen molar-refractivity contribution in [3.8, 4) is 0 Å². The Hall–Kier alpha value is -0.610. The number of amides is 1. The number of carbonyl (C=O) groups excluding carboxylic acids is 1. The first kappa shape index (κ1) is 18.4. The topological polar surface area (TPSA) is 64.3 Å². The smallest absolute Gasteiger partial charge is 0.237 e. The van der Waals surface area contributed by atoms with Gasteiger partial charge in [0.1, 0.15) is 0 Å². The van der Waals surface area contributed by atoms with Crippen molar-refractivity contribution in [1.29, 1.82) is 0 Å². The first-order valence-corrected chi connectivity index (χ1v) is 8.67. The van der Waals surface area contributed by atoms with Crippen molar-refractivity contribution >= 4 is 5.91 Å². The summed E-state index contributed by atoms with van der Waals surface area (Å²) >= 11 is 0. The van der Waals surface area contributed by atoms with E-state index >= 15 is 0 Å². The van der Waals surface area contributed by atoms with Crippen molar-refractivity contribution in [3.63, 3.8) is 0 Å². The number of nitrogens with one attached hydrogen (secondary N) is 1. The van der Waals surface area contributed by atoms with Crippen molar-refractivity contribution in [1.82, 2.24) is 5.32 Å². The Morgan fingerprint density at radius 3 is 2.48 bits per heavy atom. The van der Waals surface area contributed by atoms with Crippen molar-refractivity contribution in [3.05, 3.63) is 0 Å². The number of carbonyl (C=O) groups is 1. The van der Waals surface area contributed by atoms with Gasteiger partial charge in [0.25, 0.3) is 0 Å². The van der Waals surface area contributed by atoms with Crippen LogP contribution in [0.15, 0.2) is 0 Å². The zero-order chi connectivity index (χ0) is 15.7. The second-order valence-electron chi connectivity index (χ2n) is 6.77. The van der Waals surface area contributed by atoms with Crippen molar-refractivity contribution in [2.45, 2.75) is 96.2 Å². The Bertz CT molecular complexity index is 305. The van der Waals surface area contributed by atoms with Crippen LogP contribution in [0.1, 0.15) is 78.6 Å². The van der Waals surface area contributed by atoms with Crippen LogP contribution < -0.4 is 11.1 Å². The minimum absolute atomic E-state index is 0.0596. The maximum Gasteiger partial charge on any atom is 0.237 e. The van der Waals surface area contributed by atoms with Crippen LogP contribution in [-0.4, -0.2) is 30.2 Å². The van der Waals surface area contributed by atoms with Gasteiger partial charge in [-0.15, -0.1) is 0 Å². The molecule has 0 aliphatic heterocycles. The van der Waals surface area contributed by atoms with Gasteiger partial charge in [0.15, 0.2) is 0 Å². The van der Waals surface area contributed by atoms with Gasteiger partial charge in [-0.1, -0.05) is 39.0 Å². The predicted octanol–water partition coefficient (Wildman–Crippen LogP) is 3.14. The predicted molar refractivity (Wildman–Crippen MR) is 87.2 cm³/mol. The molecule has 1 aliphatic rings. The Morgan fingerprint density at radius 2 is 1.90 bits per heavy atom. The molecule has 1 saturated carbocycles. The number of hydrogen-bond acceptors (Lipinski definition) is 3. The molecular weight excluding hydrogens is 264 g/mol. The summed E-state index contributed by atoms with van der Waals surface area (Å²) in [7, 11) is 0. The SMILES string of the molecule is CCCCCCCCOC(C)CC(C)(NC1CC1)C(N)=O. The number of rotatable bonds is 13. The van der Waals surface area contributed by atoms with Gasteiger partial charge in [-0.3, -0.25) is 4.79 Å². The second kappa shape index (κ2) is 9.42. The van der Waals surface area contributed by atoms with E-state index in [0.29, 0.717) is 12.5 Å². The number of ether oxygens (including phenoxy) is 1. The van der Waals surface area contributed by atoms with E-state index in [0.717, 1.165) is 25.9 Å². The Balaban J connectivity index is 2.15. The fourth-order valence-corrected chi connectivity index (χ4v) is 2.71. The lowest BCUT2D eigenvalue weighted by molar-refractivity contribution is -0.125. The van der Waals surface area contributed by atoms with Crippen LogP contribution in [0.5, 0.6) is 0 Å². The molecule has 2 unspecified atom stereocenters. The molecule has 21 heavy (non-hydrogen) atoms. The van der Waals surface area contributed by atoms with E-state index in [1.165, 1.54) is 32.1 Å². The molecule has 0 radical (unpaired) electrons. The van der Waals surface area contributed by atoms with Crippen molar-refractivity contribution < 1.29 is 9.53 Å². The number of nitrogens with two attached hydrogens (primary N) is 1. The largest absolute Gasteiger partial charge is 0.378 e. The molecule has 0 spiro atoms. The summed E-state index contributed by atoms with van der Waals surface area (Å²) in [5, 5.41) is 3.37. The van der Waals surface area contributed by atoms with Crippen LogP contribution in [0.3, 0.4) is 0 Å². The van der Waals surface area contributed by atoms with Crippen molar-refractivity contribution in [2.24, 2.45) is 5.73 Å². The molecule has 0 heterocycles. The van der Waals surface area contributed by atoms with Crippen LogP contribution in [0.4, 0.5) is 0 Å². The molecule has 4 nitrogen and oxygen atoms in total. The lowest BCUT2D eigenvalue weighted by atomic mass is 9.93. The van der Waals surface area contributed by atoms with Gasteiger partial charge in [-0.2, -0.15) is 0 Å². The average molecular weight is 298 g/mol. The summed E-state index contributed by atoms with van der Waals surface area (Å²) in [4.78, 5) is 11.7. The van der Waals surface area contributed by atoms with Crippen LogP contribution >= 0.6 is 0 Å². The molecule has 0 aromatic carbocycles. The molecule has 1 aliphatic carbocycles. The molecule has 0 aromatic rings. The highest BCUT2D eigenvalue weighted by Crippen LogP contribution is 2.25. The van der Waals surface area contributed by atoms with Crippen molar-refractivity contribution in [2.75, 3.05) is 6.61 Å². The third-order valence-corrected chi connectivity index (χ3v) is 4.24. The highest BCUT2D eigenvalue weighted by molar-refractivity contribution is 5.84. The molecule has 2 atom stereocenters. The highest BCUT2D eigenvalue weighted by atomic mass is 16.5. The lowest BCUT2D eigenvalue weighted by Gasteiger charge is -2.30. The maximum absolute atomic E-state index is 11.7. The third-order valence-electron chi connectivity index (χ3n) is 4.24. The van der Waals surface area contributed by atoms with E-state index in [-0.39, 0.29) is 12.0 Å². The molecule has 3 N–H and O–H groups in total. The number of unbranched alkanes of at least 4 members (excludes halogenated alkanes) is 5. The van der Waals surface area contributed by atoms with E-state index in [1.807, 2.05) is 13.8 Å². The first-order valence-electron chi connectivity index (χ1n) is 8.67. The fourth-order valence-electron chi connectivity index (χ4n) is 2.71. The molecule has 4 heteroatoms. The summed E-state index contributed by atoms with van der Waals surface area (Å²) in [5.41, 5.74) is 4.92. The normalized spacial score (nSPS) is 19.2. The first-order chi connectivity index (χ1) is 9.98. The Labute approximate surface area is 130 Å². The monoisotopic (exact) mass is 298 g/mol. The van der Waals surface area contributed by atoms with Crippen LogP contribution in [0.2, 0.25) is 0 Å². The quantitative estimate of drug-likeness (QED) is 0.513. The zero-order valence-electron chi connectivity index (χ0n) is 14.1. The van der Waals surface area contributed by atoms with Gasteiger partial charge in [0.05, 0.1) is 11.6 Å². The fraction of sp³-hybridized carbons (Fsp3) is 0.941. The molecular formula is C17H34N2O2. The van der Waals surface area contributed by atoms with Gasteiger partial charge in [-0.05, 0) is 33.1 Å². The molecule has 1 amide bonds. The third kappa shape index (κ3) is 7.82. The van der Waals surface area contributed by atoms with E-state index in [1.54, 1.807) is 0 Å². The Morgan fingerprint density at radius 1 is 1.29 bits per heavy atom. The van der Waals surface area contributed by atoms with Gasteiger partial charge < -0.3 is 15.8 Å². The molecule has 0 bridgehead atoms. The zero-order valence-corrected chi connectivity index (χ0v) is 14.1. The van der Waals surface area contributed by atoms with Gasteiger partial charge in [0.2, 0.25) is 5.91 Å². The summed E-state index contributed by atoms with van der Waals surface area (Å²) < 4.78 is 5.85. The minimum atomic E-state index is -0.637. The molecule has 0 aromatic heterocycles. The molecule has 1 rings (SSSR count). The van der Waals surface area contributed by atoms with Crippen LogP contribution in [0, 0.1) is 0 Å².